The molecule has 12 heteroatoms. The minimum atomic E-state index is -4.60. The van der Waals surface area contributed by atoms with Crippen LogP contribution in [0.5, 0.6) is 0 Å². The summed E-state index contributed by atoms with van der Waals surface area (Å²) < 4.78 is 78.7. The fourth-order valence-electron chi connectivity index (χ4n) is 2.88. The highest BCUT2D eigenvalue weighted by Gasteiger charge is 2.45. The van der Waals surface area contributed by atoms with Gasteiger partial charge in [0.2, 0.25) is 11.9 Å². The quantitative estimate of drug-likeness (QED) is 0.719. The molecule has 0 saturated heterocycles. The van der Waals surface area contributed by atoms with Gasteiger partial charge < -0.3 is 10.6 Å². The third kappa shape index (κ3) is 4.53. The molecule has 0 radical (unpaired) electrons. The molecule has 2 aliphatic carbocycles. The molecular formula is C16H17F6N5O. The lowest BCUT2D eigenvalue weighted by molar-refractivity contribution is -0.138. The Balaban J connectivity index is 1.92. The number of carbonyl (C=O) groups is 1. The second-order valence-electron chi connectivity index (χ2n) is 6.89. The summed E-state index contributed by atoms with van der Waals surface area (Å²) in [5, 5.41) is 4.65. The molecule has 2 aliphatic rings. The lowest BCUT2D eigenvalue weighted by Crippen LogP contribution is -2.44. The molecular weight excluding hydrogens is 392 g/mol. The lowest BCUT2D eigenvalue weighted by atomic mass is 9.88. The monoisotopic (exact) mass is 409 g/mol. The highest BCUT2D eigenvalue weighted by molar-refractivity contribution is 6.01. The standard InChI is InChI=1S/C16H17F6N5O/c1-7(16(20,21)22)23-13-25-12(9-3-2-4-10(28)11(9)17)26-14(27-13)24-8-5-15(18,19)6-8/h7-8H,2-6H2,1H3,(H2,23,24,25,26,27)/t7-/m1/s1. The van der Waals surface area contributed by atoms with E-state index in [1.165, 1.54) is 0 Å². The van der Waals surface area contributed by atoms with Crippen LogP contribution < -0.4 is 10.6 Å². The summed E-state index contributed by atoms with van der Waals surface area (Å²) in [4.78, 5) is 23.1. The van der Waals surface area contributed by atoms with E-state index in [1.807, 2.05) is 5.32 Å². The van der Waals surface area contributed by atoms with Crippen LogP contribution in [0, 0.1) is 0 Å². The number of nitrogens with one attached hydrogen (secondary N) is 2. The van der Waals surface area contributed by atoms with Crippen LogP contribution in [-0.2, 0) is 4.79 Å². The van der Waals surface area contributed by atoms with Gasteiger partial charge in [0.15, 0.2) is 17.4 Å². The Bertz CT molecular complexity index is 801. The van der Waals surface area contributed by atoms with E-state index in [0.717, 1.165) is 6.92 Å². The first-order valence-corrected chi connectivity index (χ1v) is 8.60. The van der Waals surface area contributed by atoms with Crippen LogP contribution in [0.25, 0.3) is 5.57 Å². The first kappa shape index (κ1) is 20.3. The molecule has 6 nitrogen and oxygen atoms in total. The van der Waals surface area contributed by atoms with Crippen LogP contribution in [0.15, 0.2) is 5.83 Å². The molecule has 0 spiro atoms. The molecule has 1 heterocycles. The zero-order valence-corrected chi connectivity index (χ0v) is 14.7. The summed E-state index contributed by atoms with van der Waals surface area (Å²) in [5.41, 5.74) is -0.136. The Labute approximate surface area is 155 Å². The van der Waals surface area contributed by atoms with Crippen molar-refractivity contribution in [3.8, 4) is 0 Å². The average Bonchev–Trinajstić information content (AvgIpc) is 2.54. The zero-order valence-electron chi connectivity index (χ0n) is 14.7. The largest absolute Gasteiger partial charge is 0.408 e. The van der Waals surface area contributed by atoms with Gasteiger partial charge in [0.1, 0.15) is 6.04 Å². The third-order valence-corrected chi connectivity index (χ3v) is 4.51. The average molecular weight is 409 g/mol. The molecule has 0 unspecified atom stereocenters. The SMILES string of the molecule is C[C@@H](Nc1nc(NC2CC(F)(F)C2)nc(C2=C(F)C(=O)CCC2)n1)C(F)(F)F. The molecule has 2 N–H and O–H groups in total. The summed E-state index contributed by atoms with van der Waals surface area (Å²) in [6.07, 6.45) is -5.08. The Morgan fingerprint density at radius 1 is 1.11 bits per heavy atom. The second kappa shape index (κ2) is 7.21. The molecule has 0 aromatic carbocycles. The molecule has 1 aromatic rings. The van der Waals surface area contributed by atoms with Gasteiger partial charge in [0.05, 0.1) is 0 Å². The van der Waals surface area contributed by atoms with E-state index < -0.39 is 54.6 Å². The maximum Gasteiger partial charge on any atom is 0.408 e. The van der Waals surface area contributed by atoms with E-state index in [1.54, 1.807) is 0 Å². The highest BCUT2D eigenvalue weighted by atomic mass is 19.4. The van der Waals surface area contributed by atoms with E-state index in [-0.39, 0.29) is 30.2 Å². The molecule has 154 valence electrons. The number of halogens is 6. The fraction of sp³-hybridized carbons (Fsp3) is 0.625. The lowest BCUT2D eigenvalue weighted by Gasteiger charge is -2.35. The number of rotatable bonds is 5. The minimum Gasteiger partial charge on any atom is -0.351 e. The van der Waals surface area contributed by atoms with Crippen molar-refractivity contribution >= 4 is 23.3 Å². The number of aromatic nitrogens is 3. The number of anilines is 2. The van der Waals surface area contributed by atoms with Gasteiger partial charge in [-0.3, -0.25) is 4.79 Å². The predicted octanol–water partition coefficient (Wildman–Crippen LogP) is 3.88. The highest BCUT2D eigenvalue weighted by Crippen LogP contribution is 2.39. The Kier molecular flexibility index (Phi) is 5.24. The van der Waals surface area contributed by atoms with Crippen LogP contribution in [0.2, 0.25) is 0 Å². The van der Waals surface area contributed by atoms with Gasteiger partial charge in [-0.25, -0.2) is 13.2 Å². The normalized spacial score (nSPS) is 21.3. The maximum atomic E-state index is 14.2. The number of hydrogen-bond donors (Lipinski definition) is 2. The zero-order chi connectivity index (χ0) is 20.7. The van der Waals surface area contributed by atoms with E-state index in [0.29, 0.717) is 6.42 Å². The first-order chi connectivity index (χ1) is 12.9. The number of nitrogens with zero attached hydrogens (tertiary/aromatic N) is 3. The van der Waals surface area contributed by atoms with E-state index >= 15 is 0 Å². The summed E-state index contributed by atoms with van der Waals surface area (Å²) in [6, 6.07) is -2.69. The van der Waals surface area contributed by atoms with Crippen LogP contribution in [-0.4, -0.2) is 44.9 Å². The number of allylic oxidation sites excluding steroid dienone is 2. The molecule has 1 fully saturated rings. The maximum absolute atomic E-state index is 14.2. The van der Waals surface area contributed by atoms with Crippen LogP contribution in [0.4, 0.5) is 38.2 Å². The molecule has 0 bridgehead atoms. The van der Waals surface area contributed by atoms with Gasteiger partial charge in [-0.15, -0.1) is 0 Å². The van der Waals surface area contributed by atoms with Crippen molar-refractivity contribution < 1.29 is 31.1 Å². The third-order valence-electron chi connectivity index (χ3n) is 4.51. The van der Waals surface area contributed by atoms with Crippen molar-refractivity contribution in [1.29, 1.82) is 0 Å². The van der Waals surface area contributed by atoms with Crippen molar-refractivity contribution in [2.75, 3.05) is 10.6 Å². The molecule has 1 saturated carbocycles. The fourth-order valence-corrected chi connectivity index (χ4v) is 2.88. The predicted molar refractivity (Wildman–Crippen MR) is 87.4 cm³/mol. The van der Waals surface area contributed by atoms with Crippen LogP contribution >= 0.6 is 0 Å². The summed E-state index contributed by atoms with van der Waals surface area (Å²) in [6.45, 7) is 0.840. The van der Waals surface area contributed by atoms with Gasteiger partial charge in [-0.1, -0.05) is 0 Å². The summed E-state index contributed by atoms with van der Waals surface area (Å²) in [7, 11) is 0. The number of hydrogen-bond acceptors (Lipinski definition) is 6. The second-order valence-corrected chi connectivity index (χ2v) is 6.89. The Morgan fingerprint density at radius 3 is 2.36 bits per heavy atom. The Morgan fingerprint density at radius 2 is 1.75 bits per heavy atom. The van der Waals surface area contributed by atoms with Crippen LogP contribution in [0.1, 0.15) is 44.9 Å². The Hall–Kier alpha value is -2.40. The molecule has 0 aliphatic heterocycles. The molecule has 3 rings (SSSR count). The van der Waals surface area contributed by atoms with E-state index in [2.05, 4.69) is 20.3 Å². The van der Waals surface area contributed by atoms with Crippen molar-refractivity contribution in [2.45, 2.75) is 63.2 Å². The molecule has 28 heavy (non-hydrogen) atoms. The number of alkyl halides is 5. The summed E-state index contributed by atoms with van der Waals surface area (Å²) >= 11 is 0. The minimum absolute atomic E-state index is 0.0128. The van der Waals surface area contributed by atoms with Gasteiger partial charge in [-0.05, 0) is 19.8 Å². The van der Waals surface area contributed by atoms with E-state index in [4.69, 9.17) is 0 Å². The smallest absolute Gasteiger partial charge is 0.351 e. The van der Waals surface area contributed by atoms with Gasteiger partial charge in [0.25, 0.3) is 5.92 Å². The number of ketones is 1. The topological polar surface area (TPSA) is 79.8 Å². The molecule has 1 aromatic heterocycles. The first-order valence-electron chi connectivity index (χ1n) is 8.60. The van der Waals surface area contributed by atoms with Gasteiger partial charge in [-0.2, -0.15) is 28.1 Å². The van der Waals surface area contributed by atoms with Crippen molar-refractivity contribution in [2.24, 2.45) is 0 Å². The van der Waals surface area contributed by atoms with Crippen molar-refractivity contribution in [3.05, 3.63) is 11.7 Å². The van der Waals surface area contributed by atoms with Gasteiger partial charge >= 0.3 is 6.18 Å². The number of carbonyl (C=O) groups excluding carboxylic acids is 1. The van der Waals surface area contributed by atoms with Gasteiger partial charge in [0, 0.05) is 30.9 Å². The van der Waals surface area contributed by atoms with Crippen LogP contribution in [0.3, 0.4) is 0 Å². The molecule has 0 amide bonds. The summed E-state index contributed by atoms with van der Waals surface area (Å²) in [5.74, 6) is -5.68. The van der Waals surface area contributed by atoms with E-state index in [9.17, 15) is 31.1 Å². The number of Topliss-reactive ketones (excluding diaryl/α,β-unsaturated/α-hetero) is 1. The van der Waals surface area contributed by atoms with Crippen molar-refractivity contribution in [1.82, 2.24) is 15.0 Å². The van der Waals surface area contributed by atoms with Crippen molar-refractivity contribution in [3.63, 3.8) is 0 Å². The molecule has 1 atom stereocenters.